The molecule has 1 rings (SSSR count). The standard InChI is InChI=1S/C15H25NS/c1-12-8-6-7-9-14(12)13(2)16-10-11-17-15(3,4)5/h6-9,13,16H,10-11H2,1-5H3. The highest BCUT2D eigenvalue weighted by atomic mass is 32.2. The van der Waals surface area contributed by atoms with E-state index in [9.17, 15) is 0 Å². The van der Waals surface area contributed by atoms with E-state index < -0.39 is 0 Å². The molecule has 1 aromatic rings. The molecule has 1 N–H and O–H groups in total. The Morgan fingerprint density at radius 1 is 1.24 bits per heavy atom. The lowest BCUT2D eigenvalue weighted by molar-refractivity contribution is 0.597. The second-order valence-corrected chi connectivity index (χ2v) is 7.41. The van der Waals surface area contributed by atoms with Crippen LogP contribution >= 0.6 is 11.8 Å². The molecule has 0 bridgehead atoms. The number of nitrogens with one attached hydrogen (secondary N) is 1. The van der Waals surface area contributed by atoms with Crippen molar-refractivity contribution in [3.05, 3.63) is 35.4 Å². The van der Waals surface area contributed by atoms with E-state index >= 15 is 0 Å². The molecule has 0 saturated heterocycles. The number of thioether (sulfide) groups is 1. The smallest absolute Gasteiger partial charge is 0.0294 e. The summed E-state index contributed by atoms with van der Waals surface area (Å²) in [6.45, 7) is 12.3. The molecule has 1 aromatic carbocycles. The molecule has 0 heterocycles. The minimum Gasteiger partial charge on any atom is -0.309 e. The molecule has 0 aliphatic carbocycles. The maximum atomic E-state index is 3.59. The largest absolute Gasteiger partial charge is 0.309 e. The van der Waals surface area contributed by atoms with E-state index in [-0.39, 0.29) is 0 Å². The third-order valence-corrected chi connectivity index (χ3v) is 4.02. The molecule has 0 aliphatic heterocycles. The van der Waals surface area contributed by atoms with Gasteiger partial charge in [0.15, 0.2) is 0 Å². The summed E-state index contributed by atoms with van der Waals surface area (Å²) >= 11 is 2.01. The van der Waals surface area contributed by atoms with Crippen LogP contribution in [0, 0.1) is 6.92 Å². The van der Waals surface area contributed by atoms with Crippen molar-refractivity contribution < 1.29 is 0 Å². The Morgan fingerprint density at radius 2 is 1.88 bits per heavy atom. The van der Waals surface area contributed by atoms with E-state index in [0.29, 0.717) is 10.8 Å². The van der Waals surface area contributed by atoms with Crippen molar-refractivity contribution in [3.63, 3.8) is 0 Å². The monoisotopic (exact) mass is 251 g/mol. The van der Waals surface area contributed by atoms with Gasteiger partial charge in [-0.15, -0.1) is 0 Å². The Labute approximate surface area is 110 Å². The first-order chi connectivity index (χ1) is 7.90. The zero-order chi connectivity index (χ0) is 12.9. The first-order valence-corrected chi connectivity index (χ1v) is 7.31. The van der Waals surface area contributed by atoms with E-state index in [2.05, 4.69) is 64.2 Å². The zero-order valence-corrected chi connectivity index (χ0v) is 12.5. The molecular formula is C15H25NS. The predicted octanol–water partition coefficient (Wildman–Crippen LogP) is 4.18. The van der Waals surface area contributed by atoms with Gasteiger partial charge in [0, 0.05) is 23.1 Å². The van der Waals surface area contributed by atoms with Crippen LogP contribution in [0.2, 0.25) is 0 Å². The third kappa shape index (κ3) is 5.60. The lowest BCUT2D eigenvalue weighted by atomic mass is 10.0. The van der Waals surface area contributed by atoms with Gasteiger partial charge in [0.1, 0.15) is 0 Å². The van der Waals surface area contributed by atoms with Crippen molar-refractivity contribution in [1.82, 2.24) is 5.32 Å². The van der Waals surface area contributed by atoms with Crippen molar-refractivity contribution in [2.45, 2.75) is 45.4 Å². The number of benzene rings is 1. The van der Waals surface area contributed by atoms with Gasteiger partial charge in [0.05, 0.1) is 0 Å². The molecule has 1 atom stereocenters. The fraction of sp³-hybridized carbons (Fsp3) is 0.600. The van der Waals surface area contributed by atoms with Crippen LogP contribution in [0.4, 0.5) is 0 Å². The molecule has 0 aromatic heterocycles. The summed E-state index contributed by atoms with van der Waals surface area (Å²) in [5, 5.41) is 3.59. The summed E-state index contributed by atoms with van der Waals surface area (Å²) in [6.07, 6.45) is 0. The molecule has 0 radical (unpaired) electrons. The topological polar surface area (TPSA) is 12.0 Å². The zero-order valence-electron chi connectivity index (χ0n) is 11.7. The van der Waals surface area contributed by atoms with Gasteiger partial charge in [0.25, 0.3) is 0 Å². The number of aryl methyl sites for hydroxylation is 1. The van der Waals surface area contributed by atoms with Gasteiger partial charge in [-0.05, 0) is 25.0 Å². The molecule has 0 amide bonds. The Bertz CT molecular complexity index is 341. The molecule has 17 heavy (non-hydrogen) atoms. The second-order valence-electron chi connectivity index (χ2n) is 5.49. The van der Waals surface area contributed by atoms with Gasteiger partial charge in [-0.25, -0.2) is 0 Å². The molecule has 1 unspecified atom stereocenters. The Hall–Kier alpha value is -0.470. The summed E-state index contributed by atoms with van der Waals surface area (Å²) < 4.78 is 0.369. The molecule has 2 heteroatoms. The fourth-order valence-electron chi connectivity index (χ4n) is 1.82. The van der Waals surface area contributed by atoms with Crippen LogP contribution in [0.15, 0.2) is 24.3 Å². The van der Waals surface area contributed by atoms with Gasteiger partial charge in [0.2, 0.25) is 0 Å². The van der Waals surface area contributed by atoms with Gasteiger partial charge in [-0.1, -0.05) is 45.0 Å². The lowest BCUT2D eigenvalue weighted by Crippen LogP contribution is -2.23. The first-order valence-electron chi connectivity index (χ1n) is 6.33. The third-order valence-electron chi connectivity index (χ3n) is 2.74. The predicted molar refractivity (Wildman–Crippen MR) is 79.8 cm³/mol. The summed E-state index contributed by atoms with van der Waals surface area (Å²) in [5.74, 6) is 1.17. The second kappa shape index (κ2) is 6.46. The molecule has 0 fully saturated rings. The Morgan fingerprint density at radius 3 is 2.47 bits per heavy atom. The molecule has 96 valence electrons. The molecule has 0 aliphatic rings. The highest BCUT2D eigenvalue weighted by molar-refractivity contribution is 8.00. The molecule has 1 nitrogen and oxygen atoms in total. The lowest BCUT2D eigenvalue weighted by Gasteiger charge is -2.20. The summed E-state index contributed by atoms with van der Waals surface area (Å²) in [6, 6.07) is 9.05. The van der Waals surface area contributed by atoms with Gasteiger partial charge in [-0.2, -0.15) is 11.8 Å². The van der Waals surface area contributed by atoms with Crippen molar-refractivity contribution >= 4 is 11.8 Å². The van der Waals surface area contributed by atoms with Crippen LogP contribution < -0.4 is 5.32 Å². The maximum absolute atomic E-state index is 3.59. The van der Waals surface area contributed by atoms with Gasteiger partial charge >= 0.3 is 0 Å². The first kappa shape index (κ1) is 14.6. The number of hydrogen-bond donors (Lipinski definition) is 1. The van der Waals surface area contributed by atoms with E-state index in [4.69, 9.17) is 0 Å². The quantitative estimate of drug-likeness (QED) is 0.788. The summed E-state index contributed by atoms with van der Waals surface area (Å²) in [4.78, 5) is 0. The van der Waals surface area contributed by atoms with Crippen LogP contribution in [0.25, 0.3) is 0 Å². The minimum absolute atomic E-state index is 0.369. The number of rotatable bonds is 5. The summed E-state index contributed by atoms with van der Waals surface area (Å²) in [7, 11) is 0. The van der Waals surface area contributed by atoms with E-state index in [1.54, 1.807) is 0 Å². The average molecular weight is 251 g/mol. The summed E-state index contributed by atoms with van der Waals surface area (Å²) in [5.41, 5.74) is 2.78. The van der Waals surface area contributed by atoms with Gasteiger partial charge in [-0.3, -0.25) is 0 Å². The minimum atomic E-state index is 0.369. The SMILES string of the molecule is Cc1ccccc1C(C)NCCSC(C)(C)C. The molecular weight excluding hydrogens is 226 g/mol. The van der Waals surface area contributed by atoms with E-state index in [1.165, 1.54) is 16.9 Å². The van der Waals surface area contributed by atoms with Crippen molar-refractivity contribution in [1.29, 1.82) is 0 Å². The van der Waals surface area contributed by atoms with Crippen LogP contribution in [-0.2, 0) is 0 Å². The van der Waals surface area contributed by atoms with Crippen LogP contribution in [0.1, 0.15) is 44.9 Å². The van der Waals surface area contributed by atoms with Crippen LogP contribution in [0.5, 0.6) is 0 Å². The Balaban J connectivity index is 2.36. The van der Waals surface area contributed by atoms with Crippen molar-refractivity contribution in [3.8, 4) is 0 Å². The molecule has 0 spiro atoms. The van der Waals surface area contributed by atoms with Crippen molar-refractivity contribution in [2.24, 2.45) is 0 Å². The normalized spacial score (nSPS) is 13.7. The maximum Gasteiger partial charge on any atom is 0.0294 e. The highest BCUT2D eigenvalue weighted by Crippen LogP contribution is 2.22. The van der Waals surface area contributed by atoms with E-state index in [1.807, 2.05) is 11.8 Å². The van der Waals surface area contributed by atoms with Crippen molar-refractivity contribution in [2.75, 3.05) is 12.3 Å². The van der Waals surface area contributed by atoms with Crippen LogP contribution in [0.3, 0.4) is 0 Å². The average Bonchev–Trinajstić information content (AvgIpc) is 2.23. The number of hydrogen-bond acceptors (Lipinski definition) is 2. The fourth-order valence-corrected chi connectivity index (χ4v) is 2.65. The highest BCUT2D eigenvalue weighted by Gasteiger charge is 2.11. The van der Waals surface area contributed by atoms with Gasteiger partial charge < -0.3 is 5.32 Å². The Kier molecular flexibility index (Phi) is 5.54. The molecule has 0 saturated carbocycles. The van der Waals surface area contributed by atoms with Crippen LogP contribution in [-0.4, -0.2) is 17.0 Å². The van der Waals surface area contributed by atoms with E-state index in [0.717, 1.165) is 6.54 Å².